The van der Waals surface area contributed by atoms with Gasteiger partial charge < -0.3 is 194 Å². The fourth-order valence-corrected chi connectivity index (χ4v) is 12.4. The fraction of sp³-hybridized carbons (Fsp3) is 0.944. The summed E-state index contributed by atoms with van der Waals surface area (Å²) in [6.07, 6.45) is -70.5. The van der Waals surface area contributed by atoms with Crippen LogP contribution >= 0.6 is 0 Å². The van der Waals surface area contributed by atoms with E-state index >= 15 is 0 Å². The highest BCUT2D eigenvalue weighted by molar-refractivity contribution is 5.74. The van der Waals surface area contributed by atoms with Crippen LogP contribution < -0.4 is 16.0 Å². The fourth-order valence-electron chi connectivity index (χ4n) is 12.4. The van der Waals surface area contributed by atoms with Crippen LogP contribution in [0.15, 0.2) is 0 Å². The van der Waals surface area contributed by atoms with Gasteiger partial charge in [0.25, 0.3) is 0 Å². The lowest BCUT2D eigenvalue weighted by Crippen LogP contribution is -2.71. The molecule has 8 rings (SSSR count). The van der Waals surface area contributed by atoms with Gasteiger partial charge >= 0.3 is 0 Å². The van der Waals surface area contributed by atoms with Crippen molar-refractivity contribution in [1.29, 1.82) is 0 Å². The second kappa shape index (κ2) is 33.8. The SMILES string of the molecule is CC(=O)N[C@H]1[C@H](O[C@H]2[C@H](O)[C@@H](NC(C)=O)C(O)O[C@@H]2CO[C@@H]2O[C@@H](C)[C@@H](O)[C@@H](O)[C@@H]2O)O[C@H](CO)[C@@H](O[C@@H]2O[C@H](CO[C@H]3O[C@H](CO)[C@@H](O)[C@H](O)[C@@H]3O[C@@H]3O[C@H](CO)[C@@H](O[C@@H]4O[C@H](CO)[C@H](O)[C@H](O)[C@H]4O)[C@H](O[C@@H]4O[C@@H](C)[C@@H](O)[C@@H](O)[C@@H]4O)[C@H]3NC(C)=O)[C@@H](O)[C@H](O)[C@@H]2O)[C@@H]1O. The molecule has 24 N–H and O–H groups in total. The highest BCUT2D eigenvalue weighted by Crippen LogP contribution is 2.39. The number of hydrogen-bond donors (Lipinski definition) is 24. The van der Waals surface area contributed by atoms with Crippen molar-refractivity contribution in [3.8, 4) is 0 Å². The topological polar surface area (TPSA) is 651 Å². The van der Waals surface area contributed by atoms with E-state index in [-0.39, 0.29) is 0 Å². The van der Waals surface area contributed by atoms with Crippen LogP contribution in [-0.4, -0.2) is 410 Å². The minimum Gasteiger partial charge on any atom is -0.394 e. The molecule has 8 heterocycles. The molecule has 0 aliphatic carbocycles. The molecule has 556 valence electrons. The molecule has 0 saturated carbocycles. The van der Waals surface area contributed by atoms with Crippen molar-refractivity contribution < 1.29 is 193 Å². The summed E-state index contributed by atoms with van der Waals surface area (Å²) < 4.78 is 88.4. The van der Waals surface area contributed by atoms with Gasteiger partial charge in [-0.05, 0) is 13.8 Å². The van der Waals surface area contributed by atoms with E-state index < -0.39 is 303 Å². The lowest BCUT2D eigenvalue weighted by atomic mass is 9.93. The number of hydrogen-bond acceptors (Lipinski definition) is 39. The van der Waals surface area contributed by atoms with Crippen molar-refractivity contribution in [2.24, 2.45) is 0 Å². The van der Waals surface area contributed by atoms with Crippen LogP contribution in [0, 0.1) is 0 Å². The van der Waals surface area contributed by atoms with Crippen LogP contribution in [0.2, 0.25) is 0 Å². The molecule has 8 fully saturated rings. The third-order valence-corrected chi connectivity index (χ3v) is 17.7. The summed E-state index contributed by atoms with van der Waals surface area (Å²) in [5.41, 5.74) is 0. The molecule has 0 aromatic carbocycles. The molecule has 8 saturated heterocycles. The Hall–Kier alpha value is -3.03. The number of ether oxygens (including phenoxy) is 15. The average Bonchev–Trinajstić information content (AvgIpc) is 0.774. The minimum atomic E-state index is -2.26. The monoisotopic (exact) mass is 1410 g/mol. The van der Waals surface area contributed by atoms with Crippen LogP contribution in [-0.2, 0) is 85.4 Å². The number of aliphatic hydroxyl groups excluding tert-OH is 21. The van der Waals surface area contributed by atoms with Gasteiger partial charge in [0.15, 0.2) is 50.3 Å². The van der Waals surface area contributed by atoms with E-state index in [4.69, 9.17) is 71.1 Å². The number of carbonyl (C=O) groups excluding carboxylic acids is 3. The van der Waals surface area contributed by atoms with Crippen LogP contribution in [0.1, 0.15) is 34.6 Å². The Morgan fingerprint density at radius 1 is 0.292 bits per heavy atom. The Labute approximate surface area is 545 Å². The molecule has 40 atom stereocenters. The van der Waals surface area contributed by atoms with Gasteiger partial charge in [0, 0.05) is 20.8 Å². The molecule has 1 unspecified atom stereocenters. The smallest absolute Gasteiger partial charge is 0.217 e. The quantitative estimate of drug-likeness (QED) is 0.0452. The summed E-state index contributed by atoms with van der Waals surface area (Å²) in [5.74, 6) is -2.57. The molecule has 42 nitrogen and oxygen atoms in total. The second-order valence-corrected chi connectivity index (χ2v) is 24.6. The van der Waals surface area contributed by atoms with Crippen molar-refractivity contribution in [2.75, 3.05) is 39.6 Å². The third-order valence-electron chi connectivity index (χ3n) is 17.7. The zero-order valence-electron chi connectivity index (χ0n) is 52.1. The molecular formula is C54H91N3O39. The van der Waals surface area contributed by atoms with Gasteiger partial charge in [-0.25, -0.2) is 0 Å². The Balaban J connectivity index is 1.03. The molecule has 0 aromatic heterocycles. The molecule has 3 amide bonds. The predicted octanol–water partition coefficient (Wildman–Crippen LogP) is -16.0. The largest absolute Gasteiger partial charge is 0.394 e. The van der Waals surface area contributed by atoms with Crippen molar-refractivity contribution in [1.82, 2.24) is 16.0 Å². The van der Waals surface area contributed by atoms with Gasteiger partial charge in [-0.3, -0.25) is 14.4 Å². The maximum absolute atomic E-state index is 13.2. The zero-order valence-corrected chi connectivity index (χ0v) is 52.1. The maximum Gasteiger partial charge on any atom is 0.217 e. The predicted molar refractivity (Wildman–Crippen MR) is 296 cm³/mol. The van der Waals surface area contributed by atoms with Gasteiger partial charge in [-0.2, -0.15) is 0 Å². The van der Waals surface area contributed by atoms with Gasteiger partial charge in [-0.1, -0.05) is 0 Å². The maximum atomic E-state index is 13.2. The number of carbonyl (C=O) groups is 3. The van der Waals surface area contributed by atoms with Gasteiger partial charge in [0.1, 0.15) is 183 Å². The van der Waals surface area contributed by atoms with Crippen LogP contribution in [0.5, 0.6) is 0 Å². The molecule has 8 aliphatic rings. The number of aliphatic hydroxyl groups is 21. The minimum absolute atomic E-state index is 0.757. The van der Waals surface area contributed by atoms with E-state index in [2.05, 4.69) is 16.0 Å². The standard InChI is InChI=1S/C54H91N3O39/c1-12-26(65)33(72)38(77)50(84-12)82-11-22-43(31(70)23(47(81)86-22)55-14(3)62)92-48-24(56-15(4)63)32(71)42(19(8-60)89-48)93-53-41(80)36(75)30(69)21(91-53)10-83-54-46(37(76)29(68)18(7-59)88-54)96-49-25(57-16(5)64)45(95-51-39(78)34(73)27(66)13(2)85-51)44(20(9-61)90-49)94-52-40(79)35(74)28(67)17(6-58)87-52/h12-13,17-54,58-61,65-81H,6-11H2,1-5H3,(H,55,62)(H,56,63)(H,57,64)/t12-,13-,17+,18+,19+,20+,21+,22+,23+,24+,25+,26+,27+,28-,29+,30+,31+,32+,33+,34+,35-,36-,37-,38-,39-,40+,41-,42+,43+,44+,45+,46-,47?,48-,49-,50+,51-,52-,53-,54-/m0/s1. The first-order valence-electron chi connectivity index (χ1n) is 30.8. The summed E-state index contributed by atoms with van der Waals surface area (Å²) in [7, 11) is 0. The van der Waals surface area contributed by atoms with Crippen molar-refractivity contribution in [3.63, 3.8) is 0 Å². The highest BCUT2D eigenvalue weighted by atomic mass is 16.8. The molecule has 0 aromatic rings. The first-order valence-corrected chi connectivity index (χ1v) is 30.8. The lowest BCUT2D eigenvalue weighted by molar-refractivity contribution is -0.391. The Kier molecular flexibility index (Phi) is 27.7. The summed E-state index contributed by atoms with van der Waals surface area (Å²) in [6.45, 7) is -0.322. The van der Waals surface area contributed by atoms with Crippen molar-refractivity contribution in [3.05, 3.63) is 0 Å². The highest BCUT2D eigenvalue weighted by Gasteiger charge is 2.59. The first-order chi connectivity index (χ1) is 45.3. The molecule has 8 aliphatic heterocycles. The van der Waals surface area contributed by atoms with E-state index in [0.717, 1.165) is 20.8 Å². The second-order valence-electron chi connectivity index (χ2n) is 24.6. The van der Waals surface area contributed by atoms with E-state index in [1.54, 1.807) is 0 Å². The molecule has 96 heavy (non-hydrogen) atoms. The van der Waals surface area contributed by atoms with Crippen LogP contribution in [0.25, 0.3) is 0 Å². The van der Waals surface area contributed by atoms with Crippen molar-refractivity contribution >= 4 is 17.7 Å². The van der Waals surface area contributed by atoms with E-state index in [1.165, 1.54) is 13.8 Å². The molecular weight excluding hydrogens is 1310 g/mol. The first kappa shape index (κ1) is 78.7. The van der Waals surface area contributed by atoms with Gasteiger partial charge in [-0.15, -0.1) is 0 Å². The van der Waals surface area contributed by atoms with E-state index in [9.17, 15) is 122 Å². The Bertz CT molecular complexity index is 2470. The number of nitrogens with one attached hydrogen (secondary N) is 3. The van der Waals surface area contributed by atoms with Crippen LogP contribution in [0.3, 0.4) is 0 Å². The normalized spacial score (nSPS) is 50.3. The van der Waals surface area contributed by atoms with E-state index in [0.29, 0.717) is 0 Å². The number of amides is 3. The van der Waals surface area contributed by atoms with E-state index in [1.807, 2.05) is 0 Å². The van der Waals surface area contributed by atoms with Crippen molar-refractivity contribution in [2.45, 2.75) is 280 Å². The molecule has 0 spiro atoms. The summed E-state index contributed by atoms with van der Waals surface area (Å²) in [5, 5.41) is 236. The van der Waals surface area contributed by atoms with Gasteiger partial charge in [0.05, 0.1) is 51.8 Å². The zero-order chi connectivity index (χ0) is 70.8. The Morgan fingerprint density at radius 3 is 1.16 bits per heavy atom. The lowest BCUT2D eigenvalue weighted by Gasteiger charge is -2.51. The van der Waals surface area contributed by atoms with Gasteiger partial charge in [0.2, 0.25) is 17.7 Å². The third kappa shape index (κ3) is 17.2. The Morgan fingerprint density at radius 2 is 0.625 bits per heavy atom. The average molecular weight is 1410 g/mol. The van der Waals surface area contributed by atoms with Crippen LogP contribution in [0.4, 0.5) is 0 Å². The summed E-state index contributed by atoms with van der Waals surface area (Å²) in [4.78, 5) is 38.2. The summed E-state index contributed by atoms with van der Waals surface area (Å²) in [6, 6.07) is -5.35. The number of rotatable bonds is 23. The summed E-state index contributed by atoms with van der Waals surface area (Å²) >= 11 is 0. The molecule has 0 bridgehead atoms. The molecule has 42 heteroatoms. The molecule has 0 radical (unpaired) electrons.